The van der Waals surface area contributed by atoms with Gasteiger partial charge in [-0.1, -0.05) is 69.6 Å². The molecule has 0 bridgehead atoms. The van der Waals surface area contributed by atoms with Gasteiger partial charge in [-0.05, 0) is 18.6 Å². The van der Waals surface area contributed by atoms with E-state index in [9.17, 15) is 9.59 Å². The molecule has 0 aliphatic carbocycles. The summed E-state index contributed by atoms with van der Waals surface area (Å²) in [5.41, 5.74) is 0. The van der Waals surface area contributed by atoms with Gasteiger partial charge in [0.15, 0.2) is 11.5 Å². The number of benzene rings is 2. The monoisotopic (exact) mass is 488 g/mol. The molecule has 2 aromatic carbocycles. The molecule has 4 nitrogen and oxygen atoms in total. The lowest BCUT2D eigenvalue weighted by molar-refractivity contribution is -0.136. The van der Waals surface area contributed by atoms with Gasteiger partial charge in [-0.15, -0.1) is 0 Å². The van der Waals surface area contributed by atoms with Gasteiger partial charge in [0, 0.05) is 35.0 Å². The molecule has 0 saturated carbocycles. The third-order valence-corrected chi connectivity index (χ3v) is 5.13. The summed E-state index contributed by atoms with van der Waals surface area (Å²) in [6.45, 7) is 0. The van der Waals surface area contributed by atoms with Crippen LogP contribution in [0.3, 0.4) is 0 Å². The maximum Gasteiger partial charge on any atom is 0.311 e. The average molecular weight is 491 g/mol. The number of hydrogen-bond donors (Lipinski definition) is 0. The summed E-state index contributed by atoms with van der Waals surface area (Å²) in [4.78, 5) is 23.8. The number of rotatable bonds is 6. The van der Waals surface area contributed by atoms with E-state index in [0.29, 0.717) is 0 Å². The Balaban J connectivity index is 1.86. The van der Waals surface area contributed by atoms with Crippen molar-refractivity contribution in [3.05, 3.63) is 54.4 Å². The van der Waals surface area contributed by atoms with Crippen LogP contribution in [-0.4, -0.2) is 11.9 Å². The Hall–Kier alpha value is -0.880. The van der Waals surface area contributed by atoms with Crippen LogP contribution in [0.5, 0.6) is 11.5 Å². The molecule has 0 heterocycles. The zero-order valence-corrected chi connectivity index (χ0v) is 17.9. The maximum absolute atomic E-state index is 11.9. The summed E-state index contributed by atoms with van der Waals surface area (Å²) in [5, 5.41) is 1.00. The fourth-order valence-corrected chi connectivity index (χ4v) is 3.18. The number of esters is 2. The van der Waals surface area contributed by atoms with Crippen LogP contribution < -0.4 is 9.47 Å². The van der Waals surface area contributed by atoms with Crippen LogP contribution in [0.1, 0.15) is 19.3 Å². The molecule has 0 amide bonds. The van der Waals surface area contributed by atoms with Crippen LogP contribution in [0, 0.1) is 0 Å². The largest absolute Gasteiger partial charge is 0.425 e. The SMILES string of the molecule is O=C(CCCC(=O)Oc1cc(Cl)cc(Cl)c1Cl)Oc1cc(Cl)cc(Cl)c1Cl. The molecule has 144 valence electrons. The van der Waals surface area contributed by atoms with E-state index in [2.05, 4.69) is 0 Å². The molecular weight excluding hydrogens is 481 g/mol. The van der Waals surface area contributed by atoms with Crippen molar-refractivity contribution in [3.8, 4) is 11.5 Å². The number of carbonyl (C=O) groups is 2. The highest BCUT2D eigenvalue weighted by atomic mass is 35.5. The third kappa shape index (κ3) is 6.60. The molecule has 0 aliphatic heterocycles. The molecular formula is C17H10Cl6O4. The summed E-state index contributed by atoms with van der Waals surface area (Å²) in [6, 6.07) is 5.58. The van der Waals surface area contributed by atoms with Crippen molar-refractivity contribution in [1.82, 2.24) is 0 Å². The number of hydrogen-bond acceptors (Lipinski definition) is 4. The highest BCUT2D eigenvalue weighted by Gasteiger charge is 2.15. The predicted molar refractivity (Wildman–Crippen MR) is 108 cm³/mol. The van der Waals surface area contributed by atoms with Gasteiger partial charge < -0.3 is 9.47 Å². The van der Waals surface area contributed by atoms with Gasteiger partial charge in [0.25, 0.3) is 0 Å². The number of ether oxygens (including phenoxy) is 2. The van der Waals surface area contributed by atoms with E-state index in [1.54, 1.807) is 0 Å². The molecule has 0 radical (unpaired) electrons. The summed E-state index contributed by atoms with van der Waals surface area (Å²) < 4.78 is 10.2. The van der Waals surface area contributed by atoms with Crippen molar-refractivity contribution in [2.75, 3.05) is 0 Å². The van der Waals surface area contributed by atoms with Crippen molar-refractivity contribution < 1.29 is 19.1 Å². The topological polar surface area (TPSA) is 52.6 Å². The second kappa shape index (κ2) is 10.1. The van der Waals surface area contributed by atoms with Gasteiger partial charge in [-0.25, -0.2) is 0 Å². The highest BCUT2D eigenvalue weighted by molar-refractivity contribution is 6.44. The van der Waals surface area contributed by atoms with Crippen LogP contribution in [0.4, 0.5) is 0 Å². The molecule has 0 unspecified atom stereocenters. The van der Waals surface area contributed by atoms with Crippen molar-refractivity contribution in [2.45, 2.75) is 19.3 Å². The van der Waals surface area contributed by atoms with Gasteiger partial charge in [0.2, 0.25) is 0 Å². The molecule has 0 aromatic heterocycles. The Labute approximate surface area is 185 Å². The van der Waals surface area contributed by atoms with E-state index in [0.717, 1.165) is 0 Å². The van der Waals surface area contributed by atoms with Crippen LogP contribution in [0.2, 0.25) is 30.1 Å². The van der Waals surface area contributed by atoms with Crippen LogP contribution in [-0.2, 0) is 9.59 Å². The molecule has 0 spiro atoms. The molecule has 10 heteroatoms. The zero-order chi connectivity index (χ0) is 20.1. The quantitative estimate of drug-likeness (QED) is 0.242. The molecule has 2 aromatic rings. The minimum atomic E-state index is -0.605. The van der Waals surface area contributed by atoms with Gasteiger partial charge >= 0.3 is 11.9 Å². The van der Waals surface area contributed by atoms with Gasteiger partial charge in [0.05, 0.1) is 10.0 Å². The van der Waals surface area contributed by atoms with Crippen molar-refractivity contribution >= 4 is 81.5 Å². The lowest BCUT2D eigenvalue weighted by Crippen LogP contribution is -2.12. The number of carbonyl (C=O) groups excluding carboxylic acids is 2. The fourth-order valence-electron chi connectivity index (χ4n) is 1.94. The van der Waals surface area contributed by atoms with E-state index < -0.39 is 11.9 Å². The molecule has 0 atom stereocenters. The molecule has 27 heavy (non-hydrogen) atoms. The summed E-state index contributed by atoms with van der Waals surface area (Å²) in [7, 11) is 0. The molecule has 0 N–H and O–H groups in total. The molecule has 0 saturated heterocycles. The zero-order valence-electron chi connectivity index (χ0n) is 13.3. The Morgan fingerprint density at radius 3 is 1.41 bits per heavy atom. The summed E-state index contributed by atoms with van der Waals surface area (Å²) in [5.74, 6) is -1.12. The van der Waals surface area contributed by atoms with Crippen molar-refractivity contribution in [2.24, 2.45) is 0 Å². The first-order chi connectivity index (χ1) is 12.7. The Kier molecular flexibility index (Phi) is 8.35. The number of halogens is 6. The highest BCUT2D eigenvalue weighted by Crippen LogP contribution is 2.36. The standard InChI is InChI=1S/C17H10Cl6O4/c18-8-4-10(20)16(22)12(6-8)26-14(24)2-1-3-15(25)27-13-7-9(19)5-11(21)17(13)23/h4-7H,1-3H2. The lowest BCUT2D eigenvalue weighted by atomic mass is 10.2. The van der Waals surface area contributed by atoms with E-state index in [4.69, 9.17) is 79.1 Å². The first kappa shape index (κ1) is 22.4. The first-order valence-electron chi connectivity index (χ1n) is 7.38. The van der Waals surface area contributed by atoms with E-state index in [1.807, 2.05) is 0 Å². The van der Waals surface area contributed by atoms with E-state index in [-0.39, 0.29) is 60.9 Å². The van der Waals surface area contributed by atoms with Gasteiger partial charge in [-0.3, -0.25) is 9.59 Å². The van der Waals surface area contributed by atoms with Crippen LogP contribution in [0.25, 0.3) is 0 Å². The minimum absolute atomic E-state index is 0.0436. The Morgan fingerprint density at radius 1 is 0.667 bits per heavy atom. The van der Waals surface area contributed by atoms with Crippen LogP contribution in [0.15, 0.2) is 24.3 Å². The Bertz CT molecular complexity index is 813. The predicted octanol–water partition coefficient (Wildman–Crippen LogP) is 7.29. The van der Waals surface area contributed by atoms with Gasteiger partial charge in [-0.2, -0.15) is 0 Å². The Morgan fingerprint density at radius 2 is 1.04 bits per heavy atom. The lowest BCUT2D eigenvalue weighted by Gasteiger charge is -2.09. The minimum Gasteiger partial charge on any atom is -0.425 e. The van der Waals surface area contributed by atoms with Crippen LogP contribution >= 0.6 is 69.6 Å². The van der Waals surface area contributed by atoms with E-state index >= 15 is 0 Å². The second-order valence-electron chi connectivity index (χ2n) is 5.20. The first-order valence-corrected chi connectivity index (χ1v) is 9.64. The molecule has 0 aliphatic rings. The van der Waals surface area contributed by atoms with Crippen molar-refractivity contribution in [1.29, 1.82) is 0 Å². The second-order valence-corrected chi connectivity index (χ2v) is 7.64. The third-order valence-electron chi connectivity index (χ3n) is 3.13. The smallest absolute Gasteiger partial charge is 0.311 e. The molecule has 2 rings (SSSR count). The fraction of sp³-hybridized carbons (Fsp3) is 0.176. The van der Waals surface area contributed by atoms with Crippen molar-refractivity contribution in [3.63, 3.8) is 0 Å². The maximum atomic E-state index is 11.9. The normalized spacial score (nSPS) is 10.6. The molecule has 0 fully saturated rings. The van der Waals surface area contributed by atoms with E-state index in [1.165, 1.54) is 24.3 Å². The summed E-state index contributed by atoms with van der Waals surface area (Å²) >= 11 is 35.3. The average Bonchev–Trinajstić information content (AvgIpc) is 2.56. The van der Waals surface area contributed by atoms with Gasteiger partial charge in [0.1, 0.15) is 10.0 Å². The summed E-state index contributed by atoms with van der Waals surface area (Å²) in [6.07, 6.45) is 0.0642.